The standard InChI is InChI=1S/C31H42N2O6/c1-19(34)31(38)14-10-25-23-6-5-21-17-22(8-12-29(21,2)24(23)9-13-30(25,31)3)33-39-18-28(37)32-15-11-20-4-7-26(35)27(36)16-20/h4,7,16-17,23-25,35-36,38H,5-6,8-15,18H2,1-3H3,(H,32,37)/b33-22-/t23-,24+,25+,29+,30+,31+/m1/s1. The second-order valence-electron chi connectivity index (χ2n) is 12.7. The van der Waals surface area contributed by atoms with E-state index in [1.165, 1.54) is 17.7 Å². The maximum absolute atomic E-state index is 12.5. The number of nitrogens with zero attached hydrogens (tertiary/aromatic N) is 1. The van der Waals surface area contributed by atoms with Crippen LogP contribution >= 0.6 is 0 Å². The molecule has 3 fully saturated rings. The molecular weight excluding hydrogens is 496 g/mol. The van der Waals surface area contributed by atoms with Crippen LogP contribution in [0.2, 0.25) is 0 Å². The number of oxime groups is 1. The van der Waals surface area contributed by atoms with Gasteiger partial charge in [0, 0.05) is 12.0 Å². The summed E-state index contributed by atoms with van der Waals surface area (Å²) in [6.07, 6.45) is 10.0. The summed E-state index contributed by atoms with van der Waals surface area (Å²) in [5.41, 5.74) is 1.70. The number of rotatable bonds is 7. The zero-order chi connectivity index (χ0) is 28.0. The highest BCUT2D eigenvalue weighted by Crippen LogP contribution is 2.67. The number of benzene rings is 1. The minimum atomic E-state index is -1.18. The van der Waals surface area contributed by atoms with Crippen LogP contribution in [-0.2, 0) is 20.8 Å². The van der Waals surface area contributed by atoms with Gasteiger partial charge in [-0.25, -0.2) is 0 Å². The summed E-state index contributed by atoms with van der Waals surface area (Å²) in [5, 5.41) is 37.4. The number of phenols is 2. The summed E-state index contributed by atoms with van der Waals surface area (Å²) in [7, 11) is 0. The molecule has 0 saturated heterocycles. The Bertz CT molecular complexity index is 1210. The smallest absolute Gasteiger partial charge is 0.260 e. The van der Waals surface area contributed by atoms with Gasteiger partial charge < -0.3 is 25.5 Å². The summed E-state index contributed by atoms with van der Waals surface area (Å²) in [5.74, 6) is 0.795. The molecule has 0 spiro atoms. The van der Waals surface area contributed by atoms with Crippen molar-refractivity contribution in [2.24, 2.45) is 33.7 Å². The van der Waals surface area contributed by atoms with Gasteiger partial charge in [0.05, 0.1) is 5.71 Å². The zero-order valence-electron chi connectivity index (χ0n) is 23.3. The second kappa shape index (κ2) is 10.3. The minimum Gasteiger partial charge on any atom is -0.504 e. The molecule has 3 saturated carbocycles. The topological polar surface area (TPSA) is 128 Å². The van der Waals surface area contributed by atoms with E-state index in [-0.39, 0.29) is 40.6 Å². The predicted octanol–water partition coefficient (Wildman–Crippen LogP) is 4.41. The van der Waals surface area contributed by atoms with Crippen LogP contribution in [0, 0.1) is 28.6 Å². The summed E-state index contributed by atoms with van der Waals surface area (Å²) in [6, 6.07) is 4.61. The third kappa shape index (κ3) is 4.75. The van der Waals surface area contributed by atoms with Crippen molar-refractivity contribution in [1.82, 2.24) is 5.32 Å². The zero-order valence-corrected chi connectivity index (χ0v) is 23.3. The number of amides is 1. The molecule has 8 nitrogen and oxygen atoms in total. The number of carbonyl (C=O) groups is 2. The third-order valence-corrected chi connectivity index (χ3v) is 10.9. The van der Waals surface area contributed by atoms with Crippen molar-refractivity contribution in [3.05, 3.63) is 35.4 Å². The van der Waals surface area contributed by atoms with Gasteiger partial charge in [0.25, 0.3) is 5.91 Å². The lowest BCUT2D eigenvalue weighted by Crippen LogP contribution is -2.57. The van der Waals surface area contributed by atoms with Crippen molar-refractivity contribution in [2.45, 2.75) is 84.2 Å². The van der Waals surface area contributed by atoms with Gasteiger partial charge in [-0.15, -0.1) is 0 Å². The van der Waals surface area contributed by atoms with Crippen molar-refractivity contribution in [1.29, 1.82) is 0 Å². The van der Waals surface area contributed by atoms with E-state index in [2.05, 4.69) is 30.4 Å². The van der Waals surface area contributed by atoms with Gasteiger partial charge in [0.2, 0.25) is 0 Å². The summed E-state index contributed by atoms with van der Waals surface area (Å²) < 4.78 is 0. The lowest BCUT2D eigenvalue weighted by atomic mass is 9.46. The SMILES string of the molecule is CC(=O)[C@@]1(O)CC[C@H]2[C@@H]3CCC4=C/C(=N\OCC(=O)NCCc5ccc(O)c(O)c5)CC[C@]4(C)[C@H]3CC[C@@]21C. The Morgan fingerprint density at radius 2 is 1.82 bits per heavy atom. The molecule has 0 unspecified atom stereocenters. The van der Waals surface area contributed by atoms with Gasteiger partial charge in [0.1, 0.15) is 5.60 Å². The average Bonchev–Trinajstić information content (AvgIpc) is 3.18. The molecule has 1 aromatic carbocycles. The van der Waals surface area contributed by atoms with Crippen LogP contribution in [0.3, 0.4) is 0 Å². The fraction of sp³-hybridized carbons (Fsp3) is 0.645. The first-order valence-electron chi connectivity index (χ1n) is 14.4. The number of aliphatic hydroxyl groups is 1. The number of Topliss-reactive ketones (excluding diaryl/α,β-unsaturated/α-hetero) is 1. The molecular formula is C31H42N2O6. The van der Waals surface area contributed by atoms with E-state index < -0.39 is 5.60 Å². The molecule has 0 aliphatic heterocycles. The fourth-order valence-corrected chi connectivity index (χ4v) is 8.53. The molecule has 39 heavy (non-hydrogen) atoms. The Hall–Kier alpha value is -2.87. The van der Waals surface area contributed by atoms with E-state index in [1.54, 1.807) is 13.0 Å². The molecule has 4 N–H and O–H groups in total. The number of fused-ring (bicyclic) bond motifs is 5. The van der Waals surface area contributed by atoms with Crippen molar-refractivity contribution < 1.29 is 29.7 Å². The average molecular weight is 539 g/mol. The first-order valence-corrected chi connectivity index (χ1v) is 14.4. The van der Waals surface area contributed by atoms with Gasteiger partial charge in [0.15, 0.2) is 23.9 Å². The Labute approximate surface area is 230 Å². The Kier molecular flexibility index (Phi) is 7.29. The molecule has 6 atom stereocenters. The number of ketones is 1. The van der Waals surface area contributed by atoms with Crippen LogP contribution in [0.25, 0.3) is 0 Å². The van der Waals surface area contributed by atoms with Crippen LogP contribution < -0.4 is 5.32 Å². The molecule has 4 aliphatic rings. The number of nitrogens with one attached hydrogen (secondary N) is 1. The summed E-state index contributed by atoms with van der Waals surface area (Å²) in [6.45, 7) is 6.34. The predicted molar refractivity (Wildman–Crippen MR) is 147 cm³/mol. The van der Waals surface area contributed by atoms with Crippen molar-refractivity contribution in [3.63, 3.8) is 0 Å². The van der Waals surface area contributed by atoms with E-state index in [9.17, 15) is 24.9 Å². The highest BCUT2D eigenvalue weighted by Gasteiger charge is 2.65. The molecule has 0 radical (unpaired) electrons. The largest absolute Gasteiger partial charge is 0.504 e. The number of hydrogen-bond acceptors (Lipinski definition) is 7. The van der Waals surface area contributed by atoms with Crippen LogP contribution in [0.15, 0.2) is 35.0 Å². The number of aromatic hydroxyl groups is 2. The highest BCUT2D eigenvalue weighted by molar-refractivity contribution is 5.96. The normalized spacial score (nSPS) is 36.4. The van der Waals surface area contributed by atoms with Crippen molar-refractivity contribution in [2.75, 3.05) is 13.2 Å². The maximum atomic E-state index is 12.5. The summed E-state index contributed by atoms with van der Waals surface area (Å²) >= 11 is 0. The van der Waals surface area contributed by atoms with E-state index >= 15 is 0 Å². The Balaban J connectivity index is 1.16. The molecule has 0 heterocycles. The molecule has 0 bridgehead atoms. The molecule has 8 heteroatoms. The van der Waals surface area contributed by atoms with E-state index in [0.29, 0.717) is 37.1 Å². The van der Waals surface area contributed by atoms with Crippen molar-refractivity contribution >= 4 is 17.4 Å². The van der Waals surface area contributed by atoms with Gasteiger partial charge in [-0.2, -0.15) is 0 Å². The number of carbonyl (C=O) groups excluding carboxylic acids is 2. The first kappa shape index (κ1) is 27.7. The van der Waals surface area contributed by atoms with E-state index in [0.717, 1.165) is 56.2 Å². The molecule has 0 aromatic heterocycles. The number of hydrogen-bond donors (Lipinski definition) is 4. The van der Waals surface area contributed by atoms with Crippen LogP contribution in [0.5, 0.6) is 11.5 Å². The molecule has 1 amide bonds. The van der Waals surface area contributed by atoms with Gasteiger partial charge in [-0.3, -0.25) is 9.59 Å². The van der Waals surface area contributed by atoms with Gasteiger partial charge in [-0.05, 0) is 112 Å². The van der Waals surface area contributed by atoms with Crippen LogP contribution in [-0.4, -0.2) is 51.5 Å². The third-order valence-electron chi connectivity index (χ3n) is 10.9. The van der Waals surface area contributed by atoms with Crippen LogP contribution in [0.1, 0.15) is 77.7 Å². The molecule has 4 aliphatic carbocycles. The summed E-state index contributed by atoms with van der Waals surface area (Å²) in [4.78, 5) is 30.0. The number of phenolic OH excluding ortho intramolecular Hbond substituents is 2. The second-order valence-corrected chi connectivity index (χ2v) is 12.7. The first-order chi connectivity index (χ1) is 18.5. The van der Waals surface area contributed by atoms with Gasteiger partial charge >= 0.3 is 0 Å². The monoisotopic (exact) mass is 538 g/mol. The van der Waals surface area contributed by atoms with E-state index in [4.69, 9.17) is 4.84 Å². The van der Waals surface area contributed by atoms with Gasteiger partial charge in [-0.1, -0.05) is 30.6 Å². The van der Waals surface area contributed by atoms with Crippen LogP contribution in [0.4, 0.5) is 0 Å². The molecule has 212 valence electrons. The fourth-order valence-electron chi connectivity index (χ4n) is 8.53. The molecule has 5 rings (SSSR count). The number of allylic oxidation sites excluding steroid dienone is 2. The Morgan fingerprint density at radius 3 is 2.56 bits per heavy atom. The molecule has 1 aromatic rings. The minimum absolute atomic E-state index is 0.0709. The lowest BCUT2D eigenvalue weighted by molar-refractivity contribution is -0.159. The maximum Gasteiger partial charge on any atom is 0.260 e. The van der Waals surface area contributed by atoms with E-state index in [1.807, 2.05) is 0 Å². The highest BCUT2D eigenvalue weighted by atomic mass is 16.6. The Morgan fingerprint density at radius 1 is 1.05 bits per heavy atom. The lowest BCUT2D eigenvalue weighted by Gasteiger charge is -2.59. The quantitative estimate of drug-likeness (QED) is 0.301. The van der Waals surface area contributed by atoms with Crippen molar-refractivity contribution in [3.8, 4) is 11.5 Å².